The van der Waals surface area contributed by atoms with Crippen LogP contribution in [0, 0.1) is 0 Å². The van der Waals surface area contributed by atoms with Crippen LogP contribution in [-0.4, -0.2) is 35.8 Å². The van der Waals surface area contributed by atoms with Crippen LogP contribution in [0.2, 0.25) is 0 Å². The zero-order valence-electron chi connectivity index (χ0n) is 17.2. The maximum atomic E-state index is 13.5. The fourth-order valence-corrected chi connectivity index (χ4v) is 4.52. The molecule has 0 aliphatic carbocycles. The molecule has 1 fully saturated rings. The molecule has 1 saturated heterocycles. The number of carbonyl (C=O) groups excluding carboxylic acids is 2. The van der Waals surface area contributed by atoms with Crippen LogP contribution < -0.4 is 10.1 Å². The first kappa shape index (κ1) is 19.4. The van der Waals surface area contributed by atoms with Crippen molar-refractivity contribution in [3.05, 3.63) is 95.6 Å². The SMILES string of the molecule is O=C(NC1CCCN(C(=O)c2ccccc2)C1)C1c2ccccc2Oc2ccccc21. The lowest BCUT2D eigenvalue weighted by molar-refractivity contribution is -0.122. The van der Waals surface area contributed by atoms with Crippen LogP contribution in [0.5, 0.6) is 11.5 Å². The molecule has 2 heterocycles. The summed E-state index contributed by atoms with van der Waals surface area (Å²) in [5, 5.41) is 3.22. The molecule has 1 N–H and O–H groups in total. The first-order valence-electron chi connectivity index (χ1n) is 10.7. The highest BCUT2D eigenvalue weighted by Crippen LogP contribution is 2.44. The number of likely N-dealkylation sites (tertiary alicyclic amines) is 1. The van der Waals surface area contributed by atoms with Gasteiger partial charge in [0.15, 0.2) is 0 Å². The summed E-state index contributed by atoms with van der Waals surface area (Å²) in [4.78, 5) is 28.2. The van der Waals surface area contributed by atoms with Crippen molar-refractivity contribution in [2.24, 2.45) is 0 Å². The van der Waals surface area contributed by atoms with Gasteiger partial charge in [0.2, 0.25) is 5.91 Å². The summed E-state index contributed by atoms with van der Waals surface area (Å²) in [7, 11) is 0. The van der Waals surface area contributed by atoms with Gasteiger partial charge in [-0.2, -0.15) is 0 Å². The van der Waals surface area contributed by atoms with Crippen LogP contribution >= 0.6 is 0 Å². The van der Waals surface area contributed by atoms with E-state index in [0.717, 1.165) is 24.0 Å². The summed E-state index contributed by atoms with van der Waals surface area (Å²) in [5.41, 5.74) is 2.42. The second kappa shape index (κ2) is 8.26. The Bertz CT molecular complexity index is 1070. The average molecular weight is 412 g/mol. The van der Waals surface area contributed by atoms with E-state index in [1.807, 2.05) is 83.8 Å². The topological polar surface area (TPSA) is 58.6 Å². The molecule has 5 heteroatoms. The first-order chi connectivity index (χ1) is 15.2. The highest BCUT2D eigenvalue weighted by atomic mass is 16.5. The summed E-state index contributed by atoms with van der Waals surface area (Å²) in [6, 6.07) is 24.6. The number of carbonyl (C=O) groups is 2. The maximum absolute atomic E-state index is 13.5. The van der Waals surface area contributed by atoms with Crippen molar-refractivity contribution in [1.29, 1.82) is 0 Å². The van der Waals surface area contributed by atoms with Crippen LogP contribution in [-0.2, 0) is 4.79 Å². The predicted molar refractivity (Wildman–Crippen MR) is 118 cm³/mol. The van der Waals surface area contributed by atoms with Crippen molar-refractivity contribution < 1.29 is 14.3 Å². The third-order valence-electron chi connectivity index (χ3n) is 6.02. The zero-order valence-corrected chi connectivity index (χ0v) is 17.2. The molecule has 1 atom stereocenters. The molecular weight excluding hydrogens is 388 g/mol. The van der Waals surface area contributed by atoms with Gasteiger partial charge in [-0.05, 0) is 37.1 Å². The fraction of sp³-hybridized carbons (Fsp3) is 0.231. The Hall–Kier alpha value is -3.60. The number of hydrogen-bond acceptors (Lipinski definition) is 3. The number of para-hydroxylation sites is 2. The summed E-state index contributed by atoms with van der Waals surface area (Å²) in [6.07, 6.45) is 1.72. The lowest BCUT2D eigenvalue weighted by atomic mass is 9.87. The molecule has 2 aliphatic rings. The minimum absolute atomic E-state index is 0.0151. The van der Waals surface area contributed by atoms with E-state index in [-0.39, 0.29) is 17.9 Å². The third-order valence-corrected chi connectivity index (χ3v) is 6.02. The Morgan fingerprint density at radius 2 is 1.45 bits per heavy atom. The number of nitrogens with zero attached hydrogens (tertiary/aromatic N) is 1. The Labute approximate surface area is 181 Å². The predicted octanol–water partition coefficient (Wildman–Crippen LogP) is 4.35. The van der Waals surface area contributed by atoms with Gasteiger partial charge in [-0.15, -0.1) is 0 Å². The second-order valence-corrected chi connectivity index (χ2v) is 8.08. The Balaban J connectivity index is 1.35. The third kappa shape index (κ3) is 3.79. The minimum atomic E-state index is -0.429. The van der Waals surface area contributed by atoms with Crippen molar-refractivity contribution in [3.8, 4) is 11.5 Å². The molecule has 5 rings (SSSR count). The van der Waals surface area contributed by atoms with Crippen molar-refractivity contribution in [2.45, 2.75) is 24.8 Å². The van der Waals surface area contributed by atoms with E-state index >= 15 is 0 Å². The Kier molecular flexibility index (Phi) is 5.16. The van der Waals surface area contributed by atoms with Gasteiger partial charge in [0.1, 0.15) is 11.5 Å². The van der Waals surface area contributed by atoms with E-state index in [1.54, 1.807) is 0 Å². The molecular formula is C26H24N2O3. The molecule has 0 saturated carbocycles. The Morgan fingerprint density at radius 1 is 0.839 bits per heavy atom. The molecule has 0 spiro atoms. The molecule has 2 amide bonds. The summed E-state index contributed by atoms with van der Waals surface area (Å²) in [6.45, 7) is 1.23. The van der Waals surface area contributed by atoms with Crippen molar-refractivity contribution in [3.63, 3.8) is 0 Å². The zero-order chi connectivity index (χ0) is 21.2. The van der Waals surface area contributed by atoms with E-state index in [1.165, 1.54) is 0 Å². The number of benzene rings is 3. The van der Waals surface area contributed by atoms with E-state index in [4.69, 9.17) is 4.74 Å². The molecule has 2 aliphatic heterocycles. The first-order valence-corrected chi connectivity index (χ1v) is 10.7. The summed E-state index contributed by atoms with van der Waals surface area (Å²) < 4.78 is 6.01. The van der Waals surface area contributed by atoms with Crippen LogP contribution in [0.15, 0.2) is 78.9 Å². The molecule has 5 nitrogen and oxygen atoms in total. The van der Waals surface area contributed by atoms with Crippen molar-refractivity contribution in [1.82, 2.24) is 10.2 Å². The average Bonchev–Trinajstić information content (AvgIpc) is 2.82. The highest BCUT2D eigenvalue weighted by molar-refractivity contribution is 5.94. The van der Waals surface area contributed by atoms with Crippen LogP contribution in [0.4, 0.5) is 0 Å². The number of nitrogens with one attached hydrogen (secondary N) is 1. The number of amides is 2. The molecule has 3 aromatic carbocycles. The molecule has 0 radical (unpaired) electrons. The van der Waals surface area contributed by atoms with Gasteiger partial charge in [0, 0.05) is 35.8 Å². The lowest BCUT2D eigenvalue weighted by Gasteiger charge is -2.35. The quantitative estimate of drug-likeness (QED) is 0.696. The fourth-order valence-electron chi connectivity index (χ4n) is 4.52. The van der Waals surface area contributed by atoms with Gasteiger partial charge in [-0.25, -0.2) is 0 Å². The smallest absolute Gasteiger partial charge is 0.253 e. The number of rotatable bonds is 3. The van der Waals surface area contributed by atoms with Crippen molar-refractivity contribution in [2.75, 3.05) is 13.1 Å². The molecule has 31 heavy (non-hydrogen) atoms. The molecule has 1 unspecified atom stereocenters. The van der Waals surface area contributed by atoms with Gasteiger partial charge >= 0.3 is 0 Å². The van der Waals surface area contributed by atoms with Gasteiger partial charge in [0.25, 0.3) is 5.91 Å². The van der Waals surface area contributed by atoms with E-state index in [0.29, 0.717) is 30.2 Å². The summed E-state index contributed by atoms with van der Waals surface area (Å²) >= 11 is 0. The Morgan fingerprint density at radius 3 is 2.13 bits per heavy atom. The number of piperidine rings is 1. The van der Waals surface area contributed by atoms with Gasteiger partial charge in [-0.3, -0.25) is 9.59 Å². The lowest BCUT2D eigenvalue weighted by Crippen LogP contribution is -2.50. The molecule has 3 aromatic rings. The van der Waals surface area contributed by atoms with Crippen LogP contribution in [0.3, 0.4) is 0 Å². The molecule has 0 bridgehead atoms. The van der Waals surface area contributed by atoms with Gasteiger partial charge in [0.05, 0.1) is 5.92 Å². The minimum Gasteiger partial charge on any atom is -0.457 e. The number of ether oxygens (including phenoxy) is 1. The number of fused-ring (bicyclic) bond motifs is 2. The van der Waals surface area contributed by atoms with Gasteiger partial charge < -0.3 is 15.0 Å². The van der Waals surface area contributed by atoms with E-state index in [9.17, 15) is 9.59 Å². The van der Waals surface area contributed by atoms with Gasteiger partial charge in [-0.1, -0.05) is 54.6 Å². The van der Waals surface area contributed by atoms with Crippen LogP contribution in [0.1, 0.15) is 40.2 Å². The normalized spacial score (nSPS) is 17.8. The largest absolute Gasteiger partial charge is 0.457 e. The van der Waals surface area contributed by atoms with E-state index < -0.39 is 5.92 Å². The second-order valence-electron chi connectivity index (χ2n) is 8.08. The van der Waals surface area contributed by atoms with Crippen molar-refractivity contribution >= 4 is 11.8 Å². The highest BCUT2D eigenvalue weighted by Gasteiger charge is 2.34. The molecule has 156 valence electrons. The monoisotopic (exact) mass is 412 g/mol. The standard InChI is InChI=1S/C26H24N2O3/c29-25(24-20-12-4-6-14-22(20)31-23-15-7-5-13-21(23)24)27-19-11-8-16-28(17-19)26(30)18-9-2-1-3-10-18/h1-7,9-10,12-15,19,24H,8,11,16-17H2,(H,27,29). The summed E-state index contributed by atoms with van der Waals surface area (Å²) in [5.74, 6) is 0.960. The van der Waals surface area contributed by atoms with Crippen LogP contribution in [0.25, 0.3) is 0 Å². The van der Waals surface area contributed by atoms with E-state index in [2.05, 4.69) is 5.32 Å². The number of hydrogen-bond donors (Lipinski definition) is 1. The molecule has 0 aromatic heterocycles. The maximum Gasteiger partial charge on any atom is 0.253 e.